The van der Waals surface area contributed by atoms with Crippen molar-refractivity contribution in [1.29, 1.82) is 0 Å². The molecular formula is C12H18N2. The molecule has 0 bridgehead atoms. The minimum atomic E-state index is 0.357. The molecule has 1 fully saturated rings. The lowest BCUT2D eigenvalue weighted by molar-refractivity contribution is 0.494. The molecule has 0 aromatic heterocycles. The second-order valence-electron chi connectivity index (χ2n) is 4.34. The van der Waals surface area contributed by atoms with Crippen LogP contribution in [0.5, 0.6) is 0 Å². The first-order valence-electron chi connectivity index (χ1n) is 5.25. The van der Waals surface area contributed by atoms with Gasteiger partial charge in [0.05, 0.1) is 0 Å². The van der Waals surface area contributed by atoms with Gasteiger partial charge in [0.2, 0.25) is 0 Å². The second-order valence-corrected chi connectivity index (χ2v) is 4.34. The molecule has 0 radical (unpaired) electrons. The fourth-order valence-corrected chi connectivity index (χ4v) is 2.08. The molecule has 1 unspecified atom stereocenters. The lowest BCUT2D eigenvalue weighted by Crippen LogP contribution is -2.29. The molecule has 2 nitrogen and oxygen atoms in total. The number of benzene rings is 1. The molecular weight excluding hydrogens is 172 g/mol. The summed E-state index contributed by atoms with van der Waals surface area (Å²) in [5.41, 5.74) is 6.97. The third-order valence-corrected chi connectivity index (χ3v) is 3.03. The quantitative estimate of drug-likeness (QED) is 0.566. The predicted octanol–water partition coefficient (Wildman–Crippen LogP) is 2.22. The number of hydrazine groups is 1. The summed E-state index contributed by atoms with van der Waals surface area (Å²) in [6.07, 6.45) is 2.62. The van der Waals surface area contributed by atoms with Gasteiger partial charge < -0.3 is 0 Å². The lowest BCUT2D eigenvalue weighted by Gasteiger charge is -2.18. The standard InChI is InChI=1S/C12H18N2/c1-8-3-6-11(9(2)7-8)12(14-13)10-4-5-10/h3,6-7,10,12,14H,4-5,13H2,1-2H3. The van der Waals surface area contributed by atoms with Gasteiger partial charge in [-0.1, -0.05) is 23.8 Å². The van der Waals surface area contributed by atoms with Gasteiger partial charge in [-0.05, 0) is 43.7 Å². The number of rotatable bonds is 3. The highest BCUT2D eigenvalue weighted by atomic mass is 15.2. The van der Waals surface area contributed by atoms with E-state index >= 15 is 0 Å². The van der Waals surface area contributed by atoms with Crippen LogP contribution in [0.2, 0.25) is 0 Å². The molecule has 14 heavy (non-hydrogen) atoms. The largest absolute Gasteiger partial charge is 0.271 e. The Hall–Kier alpha value is -0.860. The van der Waals surface area contributed by atoms with Gasteiger partial charge >= 0.3 is 0 Å². The Bertz CT molecular complexity index is 329. The highest BCUT2D eigenvalue weighted by molar-refractivity contribution is 5.33. The van der Waals surface area contributed by atoms with Gasteiger partial charge in [0.25, 0.3) is 0 Å². The van der Waals surface area contributed by atoms with E-state index in [0.29, 0.717) is 6.04 Å². The molecule has 2 rings (SSSR count). The zero-order valence-corrected chi connectivity index (χ0v) is 8.88. The molecule has 0 heterocycles. The van der Waals surface area contributed by atoms with Crippen LogP contribution < -0.4 is 11.3 Å². The van der Waals surface area contributed by atoms with Crippen LogP contribution in [0, 0.1) is 19.8 Å². The SMILES string of the molecule is Cc1ccc(C(NN)C2CC2)c(C)c1. The van der Waals surface area contributed by atoms with Crippen LogP contribution in [-0.4, -0.2) is 0 Å². The number of nitrogens with one attached hydrogen (secondary N) is 1. The predicted molar refractivity (Wildman–Crippen MR) is 58.7 cm³/mol. The molecule has 3 N–H and O–H groups in total. The van der Waals surface area contributed by atoms with Crippen molar-refractivity contribution < 1.29 is 0 Å². The fourth-order valence-electron chi connectivity index (χ4n) is 2.08. The van der Waals surface area contributed by atoms with Crippen molar-refractivity contribution in [2.45, 2.75) is 32.7 Å². The first-order chi connectivity index (χ1) is 6.72. The summed E-state index contributed by atoms with van der Waals surface area (Å²) < 4.78 is 0. The van der Waals surface area contributed by atoms with Crippen LogP contribution in [0.15, 0.2) is 18.2 Å². The van der Waals surface area contributed by atoms with Gasteiger partial charge in [-0.3, -0.25) is 11.3 Å². The molecule has 1 aliphatic carbocycles. The maximum atomic E-state index is 5.60. The summed E-state index contributed by atoms with van der Waals surface area (Å²) in [5, 5.41) is 0. The summed E-state index contributed by atoms with van der Waals surface area (Å²) in [7, 11) is 0. The molecule has 1 saturated carbocycles. The van der Waals surface area contributed by atoms with Crippen LogP contribution in [0.25, 0.3) is 0 Å². The van der Waals surface area contributed by atoms with Gasteiger partial charge in [0, 0.05) is 6.04 Å². The molecule has 2 heteroatoms. The summed E-state index contributed by atoms with van der Waals surface area (Å²) in [6, 6.07) is 6.94. The van der Waals surface area contributed by atoms with E-state index < -0.39 is 0 Å². The van der Waals surface area contributed by atoms with Crippen LogP contribution in [0.4, 0.5) is 0 Å². The highest BCUT2D eigenvalue weighted by Gasteiger charge is 2.32. The molecule has 0 aliphatic heterocycles. The van der Waals surface area contributed by atoms with E-state index in [1.165, 1.54) is 29.5 Å². The summed E-state index contributed by atoms with van der Waals surface area (Å²) in [4.78, 5) is 0. The van der Waals surface area contributed by atoms with Crippen molar-refractivity contribution in [3.05, 3.63) is 34.9 Å². The molecule has 1 aliphatic rings. The Balaban J connectivity index is 2.29. The maximum Gasteiger partial charge on any atom is 0.0490 e. The van der Waals surface area contributed by atoms with Crippen molar-refractivity contribution in [2.75, 3.05) is 0 Å². The highest BCUT2D eigenvalue weighted by Crippen LogP contribution is 2.41. The van der Waals surface area contributed by atoms with Gasteiger partial charge in [0.1, 0.15) is 0 Å². The molecule has 0 saturated heterocycles. The Morgan fingerprint density at radius 1 is 1.36 bits per heavy atom. The van der Waals surface area contributed by atoms with Gasteiger partial charge in [-0.15, -0.1) is 0 Å². The minimum Gasteiger partial charge on any atom is -0.271 e. The summed E-state index contributed by atoms with van der Waals surface area (Å²) >= 11 is 0. The molecule has 76 valence electrons. The first kappa shape index (κ1) is 9.69. The molecule has 1 aromatic rings. The van der Waals surface area contributed by atoms with E-state index in [1.54, 1.807) is 0 Å². The van der Waals surface area contributed by atoms with Crippen LogP contribution in [0.1, 0.15) is 35.6 Å². The summed E-state index contributed by atoms with van der Waals surface area (Å²) in [6.45, 7) is 4.29. The Kier molecular flexibility index (Phi) is 2.57. The van der Waals surface area contributed by atoms with Gasteiger partial charge in [-0.2, -0.15) is 0 Å². The van der Waals surface area contributed by atoms with Crippen molar-refractivity contribution in [3.8, 4) is 0 Å². The van der Waals surface area contributed by atoms with Gasteiger partial charge in [-0.25, -0.2) is 0 Å². The summed E-state index contributed by atoms with van der Waals surface area (Å²) in [5.74, 6) is 6.35. The average molecular weight is 190 g/mol. The Morgan fingerprint density at radius 3 is 2.57 bits per heavy atom. The number of aryl methyl sites for hydroxylation is 2. The number of nitrogens with two attached hydrogens (primary N) is 1. The Labute approximate surface area is 85.5 Å². The minimum absolute atomic E-state index is 0.357. The fraction of sp³-hybridized carbons (Fsp3) is 0.500. The number of hydrogen-bond donors (Lipinski definition) is 2. The third-order valence-electron chi connectivity index (χ3n) is 3.03. The molecule has 0 spiro atoms. The number of hydrogen-bond acceptors (Lipinski definition) is 2. The molecule has 1 atom stereocenters. The average Bonchev–Trinajstić information content (AvgIpc) is 2.93. The topological polar surface area (TPSA) is 38.0 Å². The zero-order valence-electron chi connectivity index (χ0n) is 8.88. The van der Waals surface area contributed by atoms with E-state index in [1.807, 2.05) is 0 Å². The van der Waals surface area contributed by atoms with Crippen molar-refractivity contribution >= 4 is 0 Å². The smallest absolute Gasteiger partial charge is 0.0490 e. The normalized spacial score (nSPS) is 18.2. The van der Waals surface area contributed by atoms with Crippen LogP contribution in [0.3, 0.4) is 0 Å². The van der Waals surface area contributed by atoms with Gasteiger partial charge in [0.15, 0.2) is 0 Å². The monoisotopic (exact) mass is 190 g/mol. The Morgan fingerprint density at radius 2 is 2.07 bits per heavy atom. The second kappa shape index (κ2) is 3.71. The maximum absolute atomic E-state index is 5.60. The van der Waals surface area contributed by atoms with Crippen molar-refractivity contribution in [3.63, 3.8) is 0 Å². The van der Waals surface area contributed by atoms with E-state index in [-0.39, 0.29) is 0 Å². The molecule has 1 aromatic carbocycles. The van der Waals surface area contributed by atoms with E-state index in [0.717, 1.165) is 5.92 Å². The lowest BCUT2D eigenvalue weighted by atomic mass is 9.97. The van der Waals surface area contributed by atoms with Crippen LogP contribution >= 0.6 is 0 Å². The third kappa shape index (κ3) is 1.81. The first-order valence-corrected chi connectivity index (χ1v) is 5.25. The van der Waals surface area contributed by atoms with E-state index in [2.05, 4.69) is 37.5 Å². The van der Waals surface area contributed by atoms with Crippen molar-refractivity contribution in [2.24, 2.45) is 11.8 Å². The van der Waals surface area contributed by atoms with Crippen molar-refractivity contribution in [1.82, 2.24) is 5.43 Å². The van der Waals surface area contributed by atoms with E-state index in [4.69, 9.17) is 5.84 Å². The molecule has 0 amide bonds. The van der Waals surface area contributed by atoms with Crippen LogP contribution in [-0.2, 0) is 0 Å². The zero-order chi connectivity index (χ0) is 10.1. The van der Waals surface area contributed by atoms with E-state index in [9.17, 15) is 0 Å².